The lowest BCUT2D eigenvalue weighted by atomic mass is 10.0. The van der Waals surface area contributed by atoms with E-state index in [1.54, 1.807) is 19.1 Å². The van der Waals surface area contributed by atoms with E-state index in [0.717, 1.165) is 30.6 Å². The van der Waals surface area contributed by atoms with E-state index in [2.05, 4.69) is 12.2 Å². The molecule has 2 aromatic rings. The van der Waals surface area contributed by atoms with Gasteiger partial charge in [-0.1, -0.05) is 25.5 Å². The summed E-state index contributed by atoms with van der Waals surface area (Å²) in [6, 6.07) is 11.4. The summed E-state index contributed by atoms with van der Waals surface area (Å²) >= 11 is 0. The molecule has 0 unspecified atom stereocenters. The van der Waals surface area contributed by atoms with Gasteiger partial charge < -0.3 is 19.5 Å². The normalized spacial score (nSPS) is 11.1. The third kappa shape index (κ3) is 5.28. The molecule has 0 aliphatic rings. The Kier molecular flexibility index (Phi) is 7.93. The molecule has 2 aromatic carbocycles. The van der Waals surface area contributed by atoms with Crippen molar-refractivity contribution in [2.45, 2.75) is 26.7 Å². The summed E-state index contributed by atoms with van der Waals surface area (Å²) in [4.78, 5) is 12.9. The first-order valence-electron chi connectivity index (χ1n) is 9.41. The highest BCUT2D eigenvalue weighted by atomic mass is 16.5. The fourth-order valence-corrected chi connectivity index (χ4v) is 2.86. The molecule has 0 radical (unpaired) electrons. The number of carbonyl (C=O) groups excluding carboxylic acids is 1. The van der Waals surface area contributed by atoms with Crippen LogP contribution >= 0.6 is 0 Å². The number of anilines is 1. The number of ether oxygens (including phenoxy) is 3. The Labute approximate surface area is 167 Å². The van der Waals surface area contributed by atoms with Crippen molar-refractivity contribution in [3.05, 3.63) is 53.1 Å². The van der Waals surface area contributed by atoms with E-state index in [0.29, 0.717) is 28.4 Å². The Morgan fingerprint density at radius 2 is 1.61 bits per heavy atom. The van der Waals surface area contributed by atoms with Crippen molar-refractivity contribution in [2.75, 3.05) is 33.2 Å². The van der Waals surface area contributed by atoms with Crippen LogP contribution in [0.1, 0.15) is 42.6 Å². The highest BCUT2D eigenvalue weighted by Crippen LogP contribution is 2.38. The lowest BCUT2D eigenvalue weighted by molar-refractivity contribution is 0.103. The summed E-state index contributed by atoms with van der Waals surface area (Å²) in [6.07, 6.45) is 4.18. The topological polar surface area (TPSA) is 56.8 Å². The summed E-state index contributed by atoms with van der Waals surface area (Å²) in [5, 5.41) is 3.38. The van der Waals surface area contributed by atoms with Gasteiger partial charge in [0.1, 0.15) is 0 Å². The van der Waals surface area contributed by atoms with Gasteiger partial charge in [0.15, 0.2) is 17.3 Å². The van der Waals surface area contributed by atoms with Crippen molar-refractivity contribution < 1.29 is 19.0 Å². The van der Waals surface area contributed by atoms with Crippen LogP contribution in [0.3, 0.4) is 0 Å². The van der Waals surface area contributed by atoms with Gasteiger partial charge in [-0.3, -0.25) is 4.79 Å². The highest BCUT2D eigenvalue weighted by Gasteiger charge is 2.17. The third-order valence-electron chi connectivity index (χ3n) is 4.44. The number of carbonyl (C=O) groups is 1. The average Bonchev–Trinajstić information content (AvgIpc) is 2.73. The Morgan fingerprint density at radius 1 is 1.00 bits per heavy atom. The van der Waals surface area contributed by atoms with Gasteiger partial charge in [-0.2, -0.15) is 0 Å². The maximum atomic E-state index is 12.9. The van der Waals surface area contributed by atoms with E-state index in [-0.39, 0.29) is 5.78 Å². The first kappa shape index (κ1) is 21.4. The van der Waals surface area contributed by atoms with E-state index in [1.807, 2.05) is 30.3 Å². The lowest BCUT2D eigenvalue weighted by Crippen LogP contribution is -2.04. The van der Waals surface area contributed by atoms with Crippen LogP contribution in [0.15, 0.2) is 42.0 Å². The van der Waals surface area contributed by atoms with Crippen LogP contribution in [-0.2, 0) is 0 Å². The molecule has 1 N–H and O–H groups in total. The van der Waals surface area contributed by atoms with Crippen molar-refractivity contribution in [2.24, 2.45) is 0 Å². The average molecular weight is 383 g/mol. The highest BCUT2D eigenvalue weighted by molar-refractivity contribution is 6.11. The van der Waals surface area contributed by atoms with E-state index in [4.69, 9.17) is 14.2 Å². The minimum atomic E-state index is -0.0931. The van der Waals surface area contributed by atoms with Gasteiger partial charge in [0, 0.05) is 17.8 Å². The number of ketones is 1. The fourth-order valence-electron chi connectivity index (χ4n) is 2.86. The van der Waals surface area contributed by atoms with E-state index >= 15 is 0 Å². The van der Waals surface area contributed by atoms with Crippen LogP contribution in [-0.4, -0.2) is 33.7 Å². The molecular weight excluding hydrogens is 354 g/mol. The minimum Gasteiger partial charge on any atom is -0.493 e. The molecule has 0 saturated carbocycles. The number of unbranched alkanes of at least 4 members (excludes halogenated alkanes) is 1. The van der Waals surface area contributed by atoms with Gasteiger partial charge in [0.05, 0.1) is 21.3 Å². The molecule has 0 spiro atoms. The van der Waals surface area contributed by atoms with Gasteiger partial charge >= 0.3 is 0 Å². The molecule has 0 atom stereocenters. The smallest absolute Gasteiger partial charge is 0.203 e. The Morgan fingerprint density at radius 3 is 2.11 bits per heavy atom. The lowest BCUT2D eigenvalue weighted by Gasteiger charge is -2.14. The first-order valence-corrected chi connectivity index (χ1v) is 9.41. The molecule has 0 saturated heterocycles. The monoisotopic (exact) mass is 383 g/mol. The first-order chi connectivity index (χ1) is 13.5. The van der Waals surface area contributed by atoms with Crippen molar-refractivity contribution in [3.8, 4) is 17.2 Å². The van der Waals surface area contributed by atoms with E-state index < -0.39 is 0 Å². The Balaban J connectivity index is 2.21. The van der Waals surface area contributed by atoms with Gasteiger partial charge in [-0.05, 0) is 54.8 Å². The van der Waals surface area contributed by atoms with Crippen molar-refractivity contribution in [1.29, 1.82) is 0 Å². The predicted octanol–water partition coefficient (Wildman–Crippen LogP) is 5.21. The SMILES string of the molecule is CCCCNc1ccc(C=C(C)C(=O)c2cc(OC)c(OC)c(OC)c2)cc1. The number of benzene rings is 2. The Hall–Kier alpha value is -2.95. The molecule has 0 amide bonds. The predicted molar refractivity (Wildman–Crippen MR) is 114 cm³/mol. The Bertz CT molecular complexity index is 800. The van der Waals surface area contributed by atoms with Gasteiger partial charge in [-0.15, -0.1) is 0 Å². The molecule has 0 heterocycles. The number of methoxy groups -OCH3 is 3. The molecule has 0 aliphatic heterocycles. The van der Waals surface area contributed by atoms with Gasteiger partial charge in [0.25, 0.3) is 0 Å². The number of Topliss-reactive ketones (excluding diaryl/α,β-unsaturated/α-hetero) is 1. The minimum absolute atomic E-state index is 0.0931. The third-order valence-corrected chi connectivity index (χ3v) is 4.44. The summed E-state index contributed by atoms with van der Waals surface area (Å²) in [7, 11) is 4.60. The molecule has 2 rings (SSSR count). The zero-order chi connectivity index (χ0) is 20.5. The molecule has 0 aliphatic carbocycles. The number of rotatable bonds is 10. The zero-order valence-corrected chi connectivity index (χ0v) is 17.3. The second-order valence-electron chi connectivity index (χ2n) is 6.47. The van der Waals surface area contributed by atoms with Crippen LogP contribution < -0.4 is 19.5 Å². The van der Waals surface area contributed by atoms with E-state index in [9.17, 15) is 4.79 Å². The summed E-state index contributed by atoms with van der Waals surface area (Å²) in [6.45, 7) is 4.94. The van der Waals surface area contributed by atoms with Gasteiger partial charge in [0.2, 0.25) is 5.75 Å². The quantitative estimate of drug-likeness (QED) is 0.347. The number of nitrogens with one attached hydrogen (secondary N) is 1. The standard InChI is InChI=1S/C23H29NO4/c1-6-7-12-24-19-10-8-17(9-11-19)13-16(2)22(25)18-14-20(26-3)23(28-5)21(15-18)27-4/h8-11,13-15,24H,6-7,12H2,1-5H3. The molecule has 5 nitrogen and oxygen atoms in total. The van der Waals surface area contributed by atoms with Gasteiger partial charge in [-0.25, -0.2) is 0 Å². The maximum Gasteiger partial charge on any atom is 0.203 e. The zero-order valence-electron chi connectivity index (χ0n) is 17.3. The summed E-state index contributed by atoms with van der Waals surface area (Å²) < 4.78 is 16.0. The van der Waals surface area contributed by atoms with Crippen molar-refractivity contribution in [1.82, 2.24) is 0 Å². The number of hydrogen-bond donors (Lipinski definition) is 1. The molecule has 0 aromatic heterocycles. The van der Waals surface area contributed by atoms with Crippen molar-refractivity contribution >= 4 is 17.5 Å². The molecule has 0 fully saturated rings. The van der Waals surface area contributed by atoms with Crippen LogP contribution in [0.2, 0.25) is 0 Å². The van der Waals surface area contributed by atoms with Crippen LogP contribution in [0.25, 0.3) is 6.08 Å². The molecule has 5 heteroatoms. The second-order valence-corrected chi connectivity index (χ2v) is 6.47. The molecule has 0 bridgehead atoms. The fraction of sp³-hybridized carbons (Fsp3) is 0.348. The summed E-state index contributed by atoms with van der Waals surface area (Å²) in [5.41, 5.74) is 3.17. The second kappa shape index (κ2) is 10.4. The molecular formula is C23H29NO4. The number of hydrogen-bond acceptors (Lipinski definition) is 5. The number of allylic oxidation sites excluding steroid dienone is 1. The van der Waals surface area contributed by atoms with Crippen LogP contribution in [0.5, 0.6) is 17.2 Å². The molecule has 28 heavy (non-hydrogen) atoms. The van der Waals surface area contributed by atoms with Crippen LogP contribution in [0.4, 0.5) is 5.69 Å². The molecule has 150 valence electrons. The maximum absolute atomic E-state index is 12.9. The van der Waals surface area contributed by atoms with E-state index in [1.165, 1.54) is 21.3 Å². The summed E-state index contributed by atoms with van der Waals surface area (Å²) in [5.74, 6) is 1.29. The van der Waals surface area contributed by atoms with Crippen molar-refractivity contribution in [3.63, 3.8) is 0 Å². The van der Waals surface area contributed by atoms with Crippen LogP contribution in [0, 0.1) is 0 Å². The largest absolute Gasteiger partial charge is 0.493 e.